The fraction of sp³-hybridized carbons (Fsp3) is 0.294. The maximum absolute atomic E-state index is 10.3. The Bertz CT molecular complexity index is 499. The van der Waals surface area contributed by atoms with Crippen molar-refractivity contribution in [3.63, 3.8) is 0 Å². The van der Waals surface area contributed by atoms with Gasteiger partial charge in [0.25, 0.3) is 0 Å². The summed E-state index contributed by atoms with van der Waals surface area (Å²) in [7, 11) is 1.65. The molecule has 2 rings (SSSR count). The van der Waals surface area contributed by atoms with Crippen molar-refractivity contribution in [2.75, 3.05) is 7.11 Å². The van der Waals surface area contributed by atoms with E-state index in [-0.39, 0.29) is 0 Å². The minimum Gasteiger partial charge on any atom is -0.386 e. The van der Waals surface area contributed by atoms with Gasteiger partial charge in [0.15, 0.2) is 0 Å². The molecule has 0 radical (unpaired) electrons. The lowest BCUT2D eigenvalue weighted by atomic mass is 9.83. The van der Waals surface area contributed by atoms with E-state index in [0.717, 1.165) is 11.1 Å². The molecule has 2 unspecified atom stereocenters. The molecule has 19 heavy (non-hydrogen) atoms. The number of allylic oxidation sites excluding steroid dienone is 4. The van der Waals surface area contributed by atoms with Crippen LogP contribution in [-0.2, 0) is 11.2 Å². The molecule has 0 aliphatic heterocycles. The Hall–Kier alpha value is -1.64. The van der Waals surface area contributed by atoms with Crippen molar-refractivity contribution in [1.82, 2.24) is 0 Å². The summed E-state index contributed by atoms with van der Waals surface area (Å²) in [5.41, 5.74) is 1.52. The Morgan fingerprint density at radius 1 is 1.32 bits per heavy atom. The number of benzene rings is 1. The largest absolute Gasteiger partial charge is 0.386 e. The fourth-order valence-electron chi connectivity index (χ4n) is 2.40. The van der Waals surface area contributed by atoms with Gasteiger partial charge in [0, 0.05) is 13.5 Å². The highest BCUT2D eigenvalue weighted by Crippen LogP contribution is 2.29. The predicted octanol–water partition coefficient (Wildman–Crippen LogP) is 3.05. The van der Waals surface area contributed by atoms with E-state index in [4.69, 9.17) is 4.74 Å². The molecule has 0 heterocycles. The van der Waals surface area contributed by atoms with Gasteiger partial charge in [0.1, 0.15) is 11.7 Å². The third kappa shape index (κ3) is 3.03. The van der Waals surface area contributed by atoms with Crippen LogP contribution >= 0.6 is 0 Å². The number of rotatable bonds is 4. The molecule has 100 valence electrons. The van der Waals surface area contributed by atoms with Crippen molar-refractivity contribution in [3.05, 3.63) is 71.8 Å². The van der Waals surface area contributed by atoms with Crippen LogP contribution in [0.1, 0.15) is 12.5 Å². The minimum atomic E-state index is -0.690. The first-order valence-corrected chi connectivity index (χ1v) is 6.51. The van der Waals surface area contributed by atoms with Gasteiger partial charge in [-0.05, 0) is 24.1 Å². The molecule has 1 aromatic rings. The zero-order valence-corrected chi connectivity index (χ0v) is 11.4. The molecule has 0 fully saturated rings. The number of hydrogen-bond acceptors (Lipinski definition) is 2. The highest BCUT2D eigenvalue weighted by Gasteiger charge is 2.36. The normalized spacial score (nSPS) is 26.7. The fourth-order valence-corrected chi connectivity index (χ4v) is 2.40. The Morgan fingerprint density at radius 3 is 2.68 bits per heavy atom. The summed E-state index contributed by atoms with van der Waals surface area (Å²) in [4.78, 5) is 0. The molecule has 0 spiro atoms. The molecule has 0 amide bonds. The summed E-state index contributed by atoms with van der Waals surface area (Å²) in [6.07, 6.45) is 9.74. The lowest BCUT2D eigenvalue weighted by Gasteiger charge is -2.35. The van der Waals surface area contributed by atoms with Crippen LogP contribution in [0.4, 0.5) is 0 Å². The molecule has 1 aliphatic rings. The maximum atomic E-state index is 10.3. The van der Waals surface area contributed by atoms with E-state index >= 15 is 0 Å². The predicted molar refractivity (Wildman–Crippen MR) is 77.9 cm³/mol. The van der Waals surface area contributed by atoms with Gasteiger partial charge in [0.05, 0.1) is 0 Å². The lowest BCUT2D eigenvalue weighted by molar-refractivity contribution is -0.0490. The summed E-state index contributed by atoms with van der Waals surface area (Å²) in [6.45, 7) is 1.98. The summed E-state index contributed by atoms with van der Waals surface area (Å²) >= 11 is 0. The minimum absolute atomic E-state index is 0.633. The molecule has 2 heteroatoms. The van der Waals surface area contributed by atoms with Crippen LogP contribution in [0.3, 0.4) is 0 Å². The van der Waals surface area contributed by atoms with Gasteiger partial charge in [-0.15, -0.1) is 0 Å². The number of aliphatic hydroxyl groups is 1. The average molecular weight is 256 g/mol. The number of methoxy groups -OCH3 is 1. The molecular weight excluding hydrogens is 236 g/mol. The van der Waals surface area contributed by atoms with E-state index in [1.54, 1.807) is 13.2 Å². The van der Waals surface area contributed by atoms with Gasteiger partial charge >= 0.3 is 0 Å². The SMILES string of the molecule is CC=CC1=CC(Cc2ccccc2)(OC)C(O)C=C1. The van der Waals surface area contributed by atoms with Crippen LogP contribution in [0.5, 0.6) is 0 Å². The van der Waals surface area contributed by atoms with E-state index in [2.05, 4.69) is 12.1 Å². The molecule has 0 saturated carbocycles. The zero-order valence-electron chi connectivity index (χ0n) is 11.4. The van der Waals surface area contributed by atoms with E-state index < -0.39 is 11.7 Å². The summed E-state index contributed by atoms with van der Waals surface area (Å²) in [5, 5.41) is 10.3. The van der Waals surface area contributed by atoms with Gasteiger partial charge in [-0.2, -0.15) is 0 Å². The van der Waals surface area contributed by atoms with Crippen LogP contribution in [-0.4, -0.2) is 23.9 Å². The molecule has 1 N–H and O–H groups in total. The second-order valence-electron chi connectivity index (χ2n) is 4.77. The van der Waals surface area contributed by atoms with Crippen LogP contribution in [0.25, 0.3) is 0 Å². The molecule has 2 atom stereocenters. The third-order valence-corrected chi connectivity index (χ3v) is 3.44. The van der Waals surface area contributed by atoms with Gasteiger partial charge in [-0.1, -0.05) is 54.6 Å². The van der Waals surface area contributed by atoms with E-state index in [1.165, 1.54) is 0 Å². The van der Waals surface area contributed by atoms with E-state index in [0.29, 0.717) is 6.42 Å². The quantitative estimate of drug-likeness (QED) is 0.897. The van der Waals surface area contributed by atoms with Gasteiger partial charge < -0.3 is 9.84 Å². The highest BCUT2D eigenvalue weighted by molar-refractivity contribution is 5.40. The number of aliphatic hydroxyl groups excluding tert-OH is 1. The Balaban J connectivity index is 2.32. The molecule has 2 nitrogen and oxygen atoms in total. The molecule has 1 aromatic carbocycles. The zero-order chi connectivity index (χ0) is 13.7. The third-order valence-electron chi connectivity index (χ3n) is 3.44. The van der Waals surface area contributed by atoms with E-state index in [9.17, 15) is 5.11 Å². The number of ether oxygens (including phenoxy) is 1. The summed E-state index contributed by atoms with van der Waals surface area (Å²) in [5.74, 6) is 0. The summed E-state index contributed by atoms with van der Waals surface area (Å²) < 4.78 is 5.66. The number of hydrogen-bond donors (Lipinski definition) is 1. The Labute approximate surface area is 114 Å². The summed E-state index contributed by atoms with van der Waals surface area (Å²) in [6, 6.07) is 10.1. The Morgan fingerprint density at radius 2 is 2.05 bits per heavy atom. The molecule has 0 saturated heterocycles. The van der Waals surface area contributed by atoms with Crippen molar-refractivity contribution in [2.45, 2.75) is 25.0 Å². The van der Waals surface area contributed by atoms with Crippen molar-refractivity contribution in [2.24, 2.45) is 0 Å². The molecule has 1 aliphatic carbocycles. The first kappa shape index (κ1) is 13.8. The standard InChI is InChI=1S/C17H20O2/c1-3-7-14-10-11-16(18)17(12-14,19-2)13-15-8-5-4-6-9-15/h3-12,16,18H,13H2,1-2H3. The monoisotopic (exact) mass is 256 g/mol. The maximum Gasteiger partial charge on any atom is 0.120 e. The average Bonchev–Trinajstić information content (AvgIpc) is 2.44. The smallest absolute Gasteiger partial charge is 0.120 e. The second-order valence-corrected chi connectivity index (χ2v) is 4.77. The van der Waals surface area contributed by atoms with Crippen molar-refractivity contribution >= 4 is 0 Å². The lowest BCUT2D eigenvalue weighted by Crippen LogP contribution is -2.45. The first-order chi connectivity index (χ1) is 9.20. The molecule has 0 aromatic heterocycles. The van der Waals surface area contributed by atoms with Crippen molar-refractivity contribution in [1.29, 1.82) is 0 Å². The van der Waals surface area contributed by atoms with Crippen molar-refractivity contribution in [3.8, 4) is 0 Å². The van der Waals surface area contributed by atoms with Crippen LogP contribution in [0.2, 0.25) is 0 Å². The van der Waals surface area contributed by atoms with Crippen LogP contribution in [0.15, 0.2) is 66.3 Å². The van der Waals surface area contributed by atoms with Gasteiger partial charge in [0.2, 0.25) is 0 Å². The van der Waals surface area contributed by atoms with Gasteiger partial charge in [-0.3, -0.25) is 0 Å². The van der Waals surface area contributed by atoms with E-state index in [1.807, 2.05) is 49.4 Å². The molecule has 0 bridgehead atoms. The highest BCUT2D eigenvalue weighted by atomic mass is 16.5. The van der Waals surface area contributed by atoms with Crippen LogP contribution in [0, 0.1) is 0 Å². The topological polar surface area (TPSA) is 29.5 Å². The molecular formula is C17H20O2. The first-order valence-electron chi connectivity index (χ1n) is 6.51. The van der Waals surface area contributed by atoms with Gasteiger partial charge in [-0.25, -0.2) is 0 Å². The Kier molecular flexibility index (Phi) is 4.35. The second kappa shape index (κ2) is 6.00. The van der Waals surface area contributed by atoms with Crippen LogP contribution < -0.4 is 0 Å². The van der Waals surface area contributed by atoms with Crippen molar-refractivity contribution < 1.29 is 9.84 Å².